The van der Waals surface area contributed by atoms with Crippen LogP contribution < -0.4 is 5.32 Å². The zero-order valence-corrected chi connectivity index (χ0v) is 16.9. The molecule has 0 saturated carbocycles. The number of rotatable bonds is 5. The van der Waals surface area contributed by atoms with Gasteiger partial charge in [0.15, 0.2) is 9.84 Å². The molecule has 0 spiro atoms. The minimum absolute atomic E-state index is 0.0599. The van der Waals surface area contributed by atoms with Crippen molar-refractivity contribution >= 4 is 38.3 Å². The molecule has 2 aliphatic heterocycles. The molecule has 2 aliphatic rings. The summed E-state index contributed by atoms with van der Waals surface area (Å²) in [6.45, 7) is 1.86. The predicted octanol–water partition coefficient (Wildman–Crippen LogP) is 1.91. The van der Waals surface area contributed by atoms with Gasteiger partial charge in [0.05, 0.1) is 17.0 Å². The van der Waals surface area contributed by atoms with E-state index in [1.807, 2.05) is 12.1 Å². The van der Waals surface area contributed by atoms with Crippen LogP contribution in [0.3, 0.4) is 0 Å². The second kappa shape index (κ2) is 6.95. The van der Waals surface area contributed by atoms with Gasteiger partial charge in [-0.2, -0.15) is 0 Å². The third-order valence-electron chi connectivity index (χ3n) is 5.59. The van der Waals surface area contributed by atoms with Gasteiger partial charge in [-0.15, -0.1) is 0 Å². The van der Waals surface area contributed by atoms with E-state index in [9.17, 15) is 22.8 Å². The van der Waals surface area contributed by atoms with Gasteiger partial charge >= 0.3 is 0 Å². The molecule has 0 aliphatic carbocycles. The van der Waals surface area contributed by atoms with E-state index in [0.717, 1.165) is 5.39 Å². The lowest BCUT2D eigenvalue weighted by molar-refractivity contribution is -0.122. The number of amides is 3. The molecule has 152 valence electrons. The average Bonchev–Trinajstić information content (AvgIpc) is 2.94. The van der Waals surface area contributed by atoms with Gasteiger partial charge in [0, 0.05) is 29.5 Å². The summed E-state index contributed by atoms with van der Waals surface area (Å²) in [5, 5.41) is 4.32. The minimum Gasteiger partial charge on any atom is -0.350 e. The third-order valence-corrected chi connectivity index (χ3v) is 7.49. The molecule has 1 N–H and O–H groups in total. The lowest BCUT2D eigenvalue weighted by Crippen LogP contribution is -2.47. The van der Waals surface area contributed by atoms with Crippen molar-refractivity contribution in [2.24, 2.45) is 0 Å². The fraction of sp³-hybridized carbons (Fsp3) is 0.381. The Bertz CT molecular complexity index is 1090. The maximum Gasteiger partial charge on any atom is 0.261 e. The van der Waals surface area contributed by atoms with E-state index in [-0.39, 0.29) is 42.2 Å². The first-order chi connectivity index (χ1) is 13.7. The van der Waals surface area contributed by atoms with Crippen molar-refractivity contribution in [3.63, 3.8) is 0 Å². The molecule has 1 fully saturated rings. The quantitative estimate of drug-likeness (QED) is 0.754. The van der Waals surface area contributed by atoms with Gasteiger partial charge in [0.2, 0.25) is 5.91 Å². The SMILES string of the molecule is C[C@]1(NC(=O)CCCN2C(=O)c3cccc4cccc(c34)C2=O)CCS(=O)(=O)C1. The van der Waals surface area contributed by atoms with Gasteiger partial charge < -0.3 is 5.32 Å². The van der Waals surface area contributed by atoms with Crippen molar-refractivity contribution in [2.75, 3.05) is 18.1 Å². The second-order valence-corrected chi connectivity index (χ2v) is 10.2. The van der Waals surface area contributed by atoms with Crippen LogP contribution in [-0.2, 0) is 14.6 Å². The molecular weight excluding hydrogens is 392 g/mol. The van der Waals surface area contributed by atoms with Gasteiger partial charge in [0.25, 0.3) is 11.8 Å². The van der Waals surface area contributed by atoms with Gasteiger partial charge in [-0.1, -0.05) is 24.3 Å². The van der Waals surface area contributed by atoms with Crippen molar-refractivity contribution < 1.29 is 22.8 Å². The number of sulfone groups is 1. The standard InChI is InChI=1S/C21H22N2O5S/c1-21(10-12-29(27,28)13-21)22-17(24)9-4-11-23-19(25)15-7-2-5-14-6-3-8-16(18(14)15)20(23)26/h2-3,5-8H,4,9-13H2,1H3,(H,22,24)/t21-/m0/s1. The fourth-order valence-corrected chi connectivity index (χ4v) is 6.28. The Morgan fingerprint density at radius 3 is 2.28 bits per heavy atom. The molecule has 29 heavy (non-hydrogen) atoms. The van der Waals surface area contributed by atoms with Crippen LogP contribution in [0.1, 0.15) is 46.9 Å². The highest BCUT2D eigenvalue weighted by Gasteiger charge is 2.39. The Kier molecular flexibility index (Phi) is 4.69. The van der Waals surface area contributed by atoms with Crippen LogP contribution in [-0.4, -0.2) is 54.6 Å². The summed E-state index contributed by atoms with van der Waals surface area (Å²) in [5.41, 5.74) is 0.234. The summed E-state index contributed by atoms with van der Waals surface area (Å²) in [6.07, 6.45) is 0.813. The lowest BCUT2D eigenvalue weighted by atomic mass is 9.94. The lowest BCUT2D eigenvalue weighted by Gasteiger charge is -2.27. The Labute approximate surface area is 169 Å². The number of carbonyl (C=O) groups excluding carboxylic acids is 3. The number of imide groups is 1. The van der Waals surface area contributed by atoms with Crippen molar-refractivity contribution in [1.29, 1.82) is 0 Å². The van der Waals surface area contributed by atoms with Crippen LogP contribution in [0.5, 0.6) is 0 Å². The fourth-order valence-electron chi connectivity index (χ4n) is 4.19. The van der Waals surface area contributed by atoms with Crippen LogP contribution in [0.2, 0.25) is 0 Å². The largest absolute Gasteiger partial charge is 0.350 e. The van der Waals surface area contributed by atoms with E-state index in [2.05, 4.69) is 5.32 Å². The summed E-state index contributed by atoms with van der Waals surface area (Å²) in [5.74, 6) is -0.965. The number of nitrogens with zero attached hydrogens (tertiary/aromatic N) is 1. The van der Waals surface area contributed by atoms with E-state index in [4.69, 9.17) is 0 Å². The molecule has 1 atom stereocenters. The summed E-state index contributed by atoms with van der Waals surface area (Å²) >= 11 is 0. The van der Waals surface area contributed by atoms with E-state index in [1.165, 1.54) is 4.90 Å². The van der Waals surface area contributed by atoms with Crippen molar-refractivity contribution in [1.82, 2.24) is 10.2 Å². The normalized spacial score (nSPS) is 22.9. The summed E-state index contributed by atoms with van der Waals surface area (Å²) < 4.78 is 23.3. The van der Waals surface area contributed by atoms with E-state index >= 15 is 0 Å². The molecule has 0 bridgehead atoms. The van der Waals surface area contributed by atoms with Crippen molar-refractivity contribution in [3.05, 3.63) is 47.5 Å². The summed E-state index contributed by atoms with van der Waals surface area (Å²) in [4.78, 5) is 39.1. The predicted molar refractivity (Wildman–Crippen MR) is 108 cm³/mol. The van der Waals surface area contributed by atoms with Gasteiger partial charge in [-0.25, -0.2) is 8.42 Å². The molecule has 7 nitrogen and oxygen atoms in total. The molecular formula is C21H22N2O5S. The molecule has 1 saturated heterocycles. The van der Waals surface area contributed by atoms with Gasteiger partial charge in [0.1, 0.15) is 0 Å². The highest BCUT2D eigenvalue weighted by molar-refractivity contribution is 7.91. The molecule has 3 amide bonds. The number of hydrogen-bond donors (Lipinski definition) is 1. The first kappa shape index (κ1) is 19.6. The monoisotopic (exact) mass is 414 g/mol. The molecule has 0 aromatic heterocycles. The molecule has 8 heteroatoms. The Balaban J connectivity index is 1.41. The topological polar surface area (TPSA) is 101 Å². The van der Waals surface area contributed by atoms with E-state index in [1.54, 1.807) is 31.2 Å². The van der Waals surface area contributed by atoms with Crippen LogP contribution in [0.4, 0.5) is 0 Å². The molecule has 2 aromatic carbocycles. The maximum absolute atomic E-state index is 12.8. The molecule has 0 unspecified atom stereocenters. The number of carbonyl (C=O) groups is 3. The molecule has 2 heterocycles. The average molecular weight is 414 g/mol. The van der Waals surface area contributed by atoms with Crippen molar-refractivity contribution in [2.45, 2.75) is 31.7 Å². The van der Waals surface area contributed by atoms with Crippen LogP contribution in [0, 0.1) is 0 Å². The van der Waals surface area contributed by atoms with Crippen molar-refractivity contribution in [3.8, 4) is 0 Å². The smallest absolute Gasteiger partial charge is 0.261 e. The zero-order valence-electron chi connectivity index (χ0n) is 16.1. The van der Waals surface area contributed by atoms with Crippen LogP contribution in [0.15, 0.2) is 36.4 Å². The Hall–Kier alpha value is -2.74. The summed E-state index contributed by atoms with van der Waals surface area (Å²) in [6, 6.07) is 10.7. The molecule has 4 rings (SSSR count). The zero-order chi connectivity index (χ0) is 20.8. The van der Waals surface area contributed by atoms with Crippen LogP contribution in [0.25, 0.3) is 10.8 Å². The number of nitrogens with one attached hydrogen (secondary N) is 1. The third kappa shape index (κ3) is 3.64. The van der Waals surface area contributed by atoms with Gasteiger partial charge in [-0.3, -0.25) is 19.3 Å². The highest BCUT2D eigenvalue weighted by atomic mass is 32.2. The number of benzene rings is 2. The second-order valence-electron chi connectivity index (χ2n) is 8.03. The summed E-state index contributed by atoms with van der Waals surface area (Å²) in [7, 11) is -3.11. The maximum atomic E-state index is 12.8. The van der Waals surface area contributed by atoms with Gasteiger partial charge in [-0.05, 0) is 37.3 Å². The van der Waals surface area contributed by atoms with E-state index < -0.39 is 15.4 Å². The van der Waals surface area contributed by atoms with E-state index in [0.29, 0.717) is 29.4 Å². The van der Waals surface area contributed by atoms with Crippen LogP contribution >= 0.6 is 0 Å². The Morgan fingerprint density at radius 1 is 1.10 bits per heavy atom. The molecule has 2 aromatic rings. The minimum atomic E-state index is -3.11. The highest BCUT2D eigenvalue weighted by Crippen LogP contribution is 2.30. The Morgan fingerprint density at radius 2 is 1.72 bits per heavy atom. The number of hydrogen-bond acceptors (Lipinski definition) is 5. The first-order valence-electron chi connectivity index (χ1n) is 9.59. The molecule has 0 radical (unpaired) electrons. The first-order valence-corrected chi connectivity index (χ1v) is 11.4.